The van der Waals surface area contributed by atoms with Gasteiger partial charge in [-0.2, -0.15) is 0 Å². The Bertz CT molecular complexity index is 431. The standard InChI is InChI=1S/C10H11BrN2/c1-6(12)9-5-13-10-4-7(11)2-3-8(9)10/h2-6,13H,12H2,1H3. The first kappa shape index (κ1) is 8.78. The molecule has 68 valence electrons. The van der Waals surface area contributed by atoms with Crippen molar-refractivity contribution in [2.45, 2.75) is 13.0 Å². The van der Waals surface area contributed by atoms with Gasteiger partial charge in [0.1, 0.15) is 0 Å². The molecule has 0 amide bonds. The van der Waals surface area contributed by atoms with E-state index in [4.69, 9.17) is 5.73 Å². The number of H-pyrrole nitrogens is 1. The monoisotopic (exact) mass is 238 g/mol. The molecule has 2 nitrogen and oxygen atoms in total. The van der Waals surface area contributed by atoms with Gasteiger partial charge in [0.25, 0.3) is 0 Å². The average Bonchev–Trinajstić information content (AvgIpc) is 2.46. The summed E-state index contributed by atoms with van der Waals surface area (Å²) in [5.41, 5.74) is 8.13. The number of fused-ring (bicyclic) bond motifs is 1. The van der Waals surface area contributed by atoms with Gasteiger partial charge in [-0.05, 0) is 24.6 Å². The van der Waals surface area contributed by atoms with Crippen LogP contribution < -0.4 is 5.73 Å². The van der Waals surface area contributed by atoms with Crippen molar-refractivity contribution in [2.75, 3.05) is 0 Å². The summed E-state index contributed by atoms with van der Waals surface area (Å²) in [6.45, 7) is 1.99. The maximum Gasteiger partial charge on any atom is 0.0468 e. The van der Waals surface area contributed by atoms with Crippen LogP contribution in [0.3, 0.4) is 0 Å². The number of nitrogens with one attached hydrogen (secondary N) is 1. The minimum absolute atomic E-state index is 0.0786. The third-order valence-corrected chi connectivity index (χ3v) is 2.66. The SMILES string of the molecule is CC(N)c1c[nH]c2cc(Br)ccc12. The average molecular weight is 239 g/mol. The van der Waals surface area contributed by atoms with Crippen molar-refractivity contribution in [3.63, 3.8) is 0 Å². The molecule has 2 aromatic rings. The zero-order chi connectivity index (χ0) is 9.42. The fourth-order valence-electron chi connectivity index (χ4n) is 1.50. The molecule has 0 saturated heterocycles. The molecule has 3 heteroatoms. The molecule has 0 saturated carbocycles. The van der Waals surface area contributed by atoms with Crippen molar-refractivity contribution < 1.29 is 0 Å². The van der Waals surface area contributed by atoms with Gasteiger partial charge in [0.05, 0.1) is 0 Å². The molecule has 0 aliphatic carbocycles. The molecule has 2 rings (SSSR count). The molecule has 0 radical (unpaired) electrons. The zero-order valence-electron chi connectivity index (χ0n) is 7.34. The first-order chi connectivity index (χ1) is 6.18. The second kappa shape index (κ2) is 3.16. The van der Waals surface area contributed by atoms with E-state index in [9.17, 15) is 0 Å². The zero-order valence-corrected chi connectivity index (χ0v) is 8.93. The molecule has 13 heavy (non-hydrogen) atoms. The third-order valence-electron chi connectivity index (χ3n) is 2.17. The maximum absolute atomic E-state index is 5.83. The first-order valence-corrected chi connectivity index (χ1v) is 5.00. The predicted octanol–water partition coefficient (Wildman–Crippen LogP) is 2.95. The molecule has 1 atom stereocenters. The highest BCUT2D eigenvalue weighted by Gasteiger charge is 2.06. The Morgan fingerprint density at radius 2 is 2.23 bits per heavy atom. The Morgan fingerprint density at radius 1 is 1.46 bits per heavy atom. The molecule has 0 spiro atoms. The summed E-state index contributed by atoms with van der Waals surface area (Å²) < 4.78 is 1.08. The van der Waals surface area contributed by atoms with Crippen LogP contribution in [0, 0.1) is 0 Å². The Labute approximate surface area is 85.3 Å². The van der Waals surface area contributed by atoms with E-state index in [0.717, 1.165) is 9.99 Å². The number of hydrogen-bond donors (Lipinski definition) is 2. The molecule has 1 aromatic heterocycles. The Hall–Kier alpha value is -0.800. The molecule has 1 heterocycles. The van der Waals surface area contributed by atoms with Gasteiger partial charge in [-0.3, -0.25) is 0 Å². The number of rotatable bonds is 1. The number of nitrogens with two attached hydrogens (primary N) is 1. The summed E-state index contributed by atoms with van der Waals surface area (Å²) in [4.78, 5) is 3.20. The van der Waals surface area contributed by atoms with Crippen molar-refractivity contribution in [3.05, 3.63) is 34.4 Å². The fourth-order valence-corrected chi connectivity index (χ4v) is 1.86. The number of halogens is 1. The lowest BCUT2D eigenvalue weighted by Gasteiger charge is -2.01. The van der Waals surface area contributed by atoms with Crippen LogP contribution in [0.1, 0.15) is 18.5 Å². The van der Waals surface area contributed by atoms with Crippen molar-refractivity contribution >= 4 is 26.8 Å². The molecule has 0 fully saturated rings. The fraction of sp³-hybridized carbons (Fsp3) is 0.200. The van der Waals surface area contributed by atoms with E-state index in [1.54, 1.807) is 0 Å². The van der Waals surface area contributed by atoms with Gasteiger partial charge in [-0.25, -0.2) is 0 Å². The van der Waals surface area contributed by atoms with E-state index in [1.165, 1.54) is 10.9 Å². The van der Waals surface area contributed by atoms with Gasteiger partial charge in [-0.1, -0.05) is 22.0 Å². The highest BCUT2D eigenvalue weighted by atomic mass is 79.9. The molecule has 1 aromatic carbocycles. The second-order valence-electron chi connectivity index (χ2n) is 3.22. The number of hydrogen-bond acceptors (Lipinski definition) is 1. The van der Waals surface area contributed by atoms with Gasteiger partial charge in [0.15, 0.2) is 0 Å². The largest absolute Gasteiger partial charge is 0.361 e. The van der Waals surface area contributed by atoms with Crippen LogP contribution >= 0.6 is 15.9 Å². The van der Waals surface area contributed by atoms with E-state index in [2.05, 4.69) is 33.0 Å². The lowest BCUT2D eigenvalue weighted by atomic mass is 10.1. The summed E-state index contributed by atoms with van der Waals surface area (Å²) >= 11 is 3.43. The minimum Gasteiger partial charge on any atom is -0.361 e. The van der Waals surface area contributed by atoms with E-state index >= 15 is 0 Å². The summed E-state index contributed by atoms with van der Waals surface area (Å²) in [5, 5.41) is 1.21. The number of aromatic nitrogens is 1. The highest BCUT2D eigenvalue weighted by molar-refractivity contribution is 9.10. The molecular formula is C10H11BrN2. The van der Waals surface area contributed by atoms with Crippen LogP contribution in [0.4, 0.5) is 0 Å². The second-order valence-corrected chi connectivity index (χ2v) is 4.14. The molecule has 3 N–H and O–H groups in total. The quantitative estimate of drug-likeness (QED) is 0.789. The number of benzene rings is 1. The van der Waals surface area contributed by atoms with Gasteiger partial charge >= 0.3 is 0 Å². The lowest BCUT2D eigenvalue weighted by molar-refractivity contribution is 0.826. The first-order valence-electron chi connectivity index (χ1n) is 4.20. The van der Waals surface area contributed by atoms with Crippen LogP contribution in [0.2, 0.25) is 0 Å². The number of aromatic amines is 1. The molecule has 0 aliphatic heterocycles. The van der Waals surface area contributed by atoms with E-state index in [-0.39, 0.29) is 6.04 Å². The molecular weight excluding hydrogens is 228 g/mol. The maximum atomic E-state index is 5.83. The van der Waals surface area contributed by atoms with Crippen molar-refractivity contribution in [1.29, 1.82) is 0 Å². The Morgan fingerprint density at radius 3 is 2.92 bits per heavy atom. The Kier molecular flexibility index (Phi) is 2.14. The van der Waals surface area contributed by atoms with E-state index < -0.39 is 0 Å². The molecule has 1 unspecified atom stereocenters. The van der Waals surface area contributed by atoms with Gasteiger partial charge < -0.3 is 10.7 Å². The predicted molar refractivity (Wildman–Crippen MR) is 58.6 cm³/mol. The summed E-state index contributed by atoms with van der Waals surface area (Å²) in [7, 11) is 0. The van der Waals surface area contributed by atoms with Crippen molar-refractivity contribution in [3.8, 4) is 0 Å². The van der Waals surface area contributed by atoms with Gasteiger partial charge in [-0.15, -0.1) is 0 Å². The van der Waals surface area contributed by atoms with Gasteiger partial charge in [0, 0.05) is 27.6 Å². The highest BCUT2D eigenvalue weighted by Crippen LogP contribution is 2.25. The van der Waals surface area contributed by atoms with Crippen molar-refractivity contribution in [1.82, 2.24) is 4.98 Å². The van der Waals surface area contributed by atoms with E-state index in [1.807, 2.05) is 19.2 Å². The smallest absolute Gasteiger partial charge is 0.0468 e. The van der Waals surface area contributed by atoms with Crippen LogP contribution in [0.5, 0.6) is 0 Å². The topological polar surface area (TPSA) is 41.8 Å². The van der Waals surface area contributed by atoms with Crippen LogP contribution in [0.15, 0.2) is 28.9 Å². The van der Waals surface area contributed by atoms with Gasteiger partial charge in [0.2, 0.25) is 0 Å². The van der Waals surface area contributed by atoms with Crippen molar-refractivity contribution in [2.24, 2.45) is 5.73 Å². The molecule has 0 aliphatic rings. The summed E-state index contributed by atoms with van der Waals surface area (Å²) in [5.74, 6) is 0. The normalized spacial score (nSPS) is 13.5. The van der Waals surface area contributed by atoms with Crippen LogP contribution in [-0.2, 0) is 0 Å². The third kappa shape index (κ3) is 1.49. The summed E-state index contributed by atoms with van der Waals surface area (Å²) in [6, 6.07) is 6.24. The minimum atomic E-state index is 0.0786. The van der Waals surface area contributed by atoms with Crippen LogP contribution in [0.25, 0.3) is 10.9 Å². The lowest BCUT2D eigenvalue weighted by Crippen LogP contribution is -2.03. The van der Waals surface area contributed by atoms with Crippen LogP contribution in [-0.4, -0.2) is 4.98 Å². The summed E-state index contributed by atoms with van der Waals surface area (Å²) in [6.07, 6.45) is 1.97. The molecule has 0 bridgehead atoms. The Balaban J connectivity index is 2.69. The van der Waals surface area contributed by atoms with E-state index in [0.29, 0.717) is 0 Å².